The number of carboxylic acids is 2. The van der Waals surface area contributed by atoms with Gasteiger partial charge in [0.25, 0.3) is 0 Å². The molecule has 0 bridgehead atoms. The number of aliphatic hydroxyl groups excluding tert-OH is 2. The van der Waals surface area contributed by atoms with Gasteiger partial charge in [0.2, 0.25) is 35.4 Å². The molecule has 12 N–H and O–H groups in total. The highest BCUT2D eigenvalue weighted by atomic mass is 16.4. The SMILES string of the molecule is CC[C@H](C)[C@H](NC(=O)[C@H](Cc1ccccc1)NC(=O)[C@H](Cc1cnc[nH]1)NC(=O)[C@@H](NC(=O)[C@@H]1CCCN1)[C@@H](C)O)C(=O)N[C@@H](CC(=O)O)C(=O)N[C@H](C(=O)O)[C@@H](C)O. The van der Waals surface area contributed by atoms with Gasteiger partial charge in [-0.15, -0.1) is 0 Å². The van der Waals surface area contributed by atoms with E-state index in [1.165, 1.54) is 19.4 Å². The van der Waals surface area contributed by atoms with Crippen LogP contribution in [0.4, 0.5) is 0 Å². The summed E-state index contributed by atoms with van der Waals surface area (Å²) in [5, 5.41) is 56.9. The molecule has 21 heteroatoms. The van der Waals surface area contributed by atoms with Crippen LogP contribution in [-0.2, 0) is 51.2 Å². The third kappa shape index (κ3) is 14.8. The molecule has 2 heterocycles. The van der Waals surface area contributed by atoms with E-state index < -0.39 is 114 Å². The third-order valence-corrected chi connectivity index (χ3v) is 9.82. The number of benzene rings is 1. The molecule has 0 spiro atoms. The lowest BCUT2D eigenvalue weighted by atomic mass is 9.96. The summed E-state index contributed by atoms with van der Waals surface area (Å²) in [6, 6.07) is -1.33. The van der Waals surface area contributed by atoms with Crippen LogP contribution in [0.5, 0.6) is 0 Å². The van der Waals surface area contributed by atoms with E-state index in [0.29, 0.717) is 30.6 Å². The summed E-state index contributed by atoms with van der Waals surface area (Å²) < 4.78 is 0. The number of carbonyl (C=O) groups excluding carboxylic acids is 6. The molecule has 59 heavy (non-hydrogen) atoms. The number of amides is 6. The number of aliphatic carboxylic acids is 2. The lowest BCUT2D eigenvalue weighted by Gasteiger charge is -2.29. The van der Waals surface area contributed by atoms with Crippen LogP contribution < -0.4 is 37.2 Å². The summed E-state index contributed by atoms with van der Waals surface area (Å²) in [5.74, 6) is -9.08. The minimum atomic E-state index is -1.82. The van der Waals surface area contributed by atoms with Crippen LogP contribution in [0.3, 0.4) is 0 Å². The highest BCUT2D eigenvalue weighted by Gasteiger charge is 2.37. The molecule has 1 aromatic carbocycles. The number of carboxylic acid groups (broad SMARTS) is 2. The van der Waals surface area contributed by atoms with Crippen molar-refractivity contribution < 1.29 is 58.8 Å². The van der Waals surface area contributed by atoms with Gasteiger partial charge in [0.1, 0.15) is 30.2 Å². The van der Waals surface area contributed by atoms with Gasteiger partial charge in [-0.3, -0.25) is 33.6 Å². The fourth-order valence-electron chi connectivity index (χ4n) is 6.23. The monoisotopic (exact) mass is 829 g/mol. The molecule has 1 saturated heterocycles. The van der Waals surface area contributed by atoms with Crippen molar-refractivity contribution in [3.63, 3.8) is 0 Å². The van der Waals surface area contributed by atoms with Crippen LogP contribution in [0.15, 0.2) is 42.9 Å². The van der Waals surface area contributed by atoms with E-state index in [4.69, 9.17) is 0 Å². The van der Waals surface area contributed by atoms with Gasteiger partial charge in [0.15, 0.2) is 6.04 Å². The Bertz CT molecular complexity index is 1750. The quantitative estimate of drug-likeness (QED) is 0.0540. The molecule has 0 radical (unpaired) electrons. The number of rotatable bonds is 23. The normalized spacial score (nSPS) is 18.2. The van der Waals surface area contributed by atoms with Crippen molar-refractivity contribution in [1.82, 2.24) is 47.2 Å². The molecule has 0 aliphatic carbocycles. The maximum absolute atomic E-state index is 14.2. The molecule has 1 aromatic heterocycles. The predicted molar refractivity (Wildman–Crippen MR) is 208 cm³/mol. The summed E-state index contributed by atoms with van der Waals surface area (Å²) in [4.78, 5) is 112. The molecule has 1 aliphatic rings. The third-order valence-electron chi connectivity index (χ3n) is 9.82. The van der Waals surface area contributed by atoms with Gasteiger partial charge in [-0.05, 0) is 44.7 Å². The van der Waals surface area contributed by atoms with Gasteiger partial charge >= 0.3 is 11.9 Å². The van der Waals surface area contributed by atoms with Crippen LogP contribution in [0, 0.1) is 5.92 Å². The zero-order valence-electron chi connectivity index (χ0n) is 33.3. The second-order valence-corrected chi connectivity index (χ2v) is 14.6. The minimum absolute atomic E-state index is 0.112. The Morgan fingerprint density at radius 2 is 1.29 bits per heavy atom. The van der Waals surface area contributed by atoms with E-state index in [2.05, 4.69) is 41.9 Å². The average Bonchev–Trinajstić information content (AvgIpc) is 3.92. The van der Waals surface area contributed by atoms with Crippen molar-refractivity contribution in [2.45, 2.75) is 121 Å². The summed E-state index contributed by atoms with van der Waals surface area (Å²) in [5.41, 5.74) is 1.01. The number of hydrogen-bond acceptors (Lipinski definition) is 12. The van der Waals surface area contributed by atoms with E-state index in [0.717, 1.165) is 13.3 Å². The van der Waals surface area contributed by atoms with Crippen molar-refractivity contribution >= 4 is 47.4 Å². The molecule has 21 nitrogen and oxygen atoms in total. The first-order chi connectivity index (χ1) is 27.9. The number of carbonyl (C=O) groups is 8. The first-order valence-corrected chi connectivity index (χ1v) is 19.3. The summed E-state index contributed by atoms with van der Waals surface area (Å²) in [6.45, 7) is 6.32. The molecular weight excluding hydrogens is 774 g/mol. The van der Waals surface area contributed by atoms with Gasteiger partial charge in [0, 0.05) is 24.7 Å². The lowest BCUT2D eigenvalue weighted by molar-refractivity contribution is -0.146. The standard InChI is InChI=1S/C38H55N9O12/c1-5-19(2)29(36(56)44-27(16-28(50)51)35(55)47-31(21(4)49)38(58)59)45-34(54)25(14-22-10-7-6-8-11-22)42-33(53)26(15-23-17-39-18-41-23)43-37(57)30(20(3)48)46-32(52)24-12-9-13-40-24/h6-8,10-11,17-21,24-27,29-31,40,48-49H,5,9,12-16H2,1-4H3,(H,39,41)(H,42,53)(H,43,57)(H,44,56)(H,45,54)(H,46,52)(H,47,55)(H,50,51)(H,58,59)/t19-,20+,21+,24-,25-,26-,27-,29-,30-,31-/m0/s1. The van der Waals surface area contributed by atoms with E-state index in [1.807, 2.05) is 5.32 Å². The lowest BCUT2D eigenvalue weighted by Crippen LogP contribution is -2.62. The molecule has 324 valence electrons. The van der Waals surface area contributed by atoms with E-state index in [9.17, 15) is 58.8 Å². The topological polar surface area (TPSA) is 330 Å². The fraction of sp³-hybridized carbons (Fsp3) is 0.553. The smallest absolute Gasteiger partial charge is 0.328 e. The van der Waals surface area contributed by atoms with E-state index in [1.54, 1.807) is 44.2 Å². The number of H-pyrrole nitrogens is 1. The molecule has 10 atom stereocenters. The first-order valence-electron chi connectivity index (χ1n) is 19.3. The molecule has 6 amide bonds. The molecular formula is C38H55N9O12. The Balaban J connectivity index is 1.90. The Morgan fingerprint density at radius 1 is 0.729 bits per heavy atom. The number of aromatic nitrogens is 2. The highest BCUT2D eigenvalue weighted by Crippen LogP contribution is 2.13. The minimum Gasteiger partial charge on any atom is -0.481 e. The zero-order chi connectivity index (χ0) is 43.8. The highest BCUT2D eigenvalue weighted by molar-refractivity contribution is 5.98. The average molecular weight is 830 g/mol. The summed E-state index contributed by atoms with van der Waals surface area (Å²) in [7, 11) is 0. The Kier molecular flexibility index (Phi) is 18.4. The van der Waals surface area contributed by atoms with Crippen molar-refractivity contribution in [2.75, 3.05) is 6.54 Å². The van der Waals surface area contributed by atoms with Crippen LogP contribution in [0.1, 0.15) is 64.6 Å². The number of aromatic amines is 1. The summed E-state index contributed by atoms with van der Waals surface area (Å²) >= 11 is 0. The van der Waals surface area contributed by atoms with E-state index >= 15 is 0 Å². The van der Waals surface area contributed by atoms with Crippen molar-refractivity contribution in [1.29, 1.82) is 0 Å². The van der Waals surface area contributed by atoms with Crippen LogP contribution in [0.25, 0.3) is 0 Å². The molecule has 3 rings (SSSR count). The van der Waals surface area contributed by atoms with Gasteiger partial charge in [-0.2, -0.15) is 0 Å². The van der Waals surface area contributed by atoms with Crippen molar-refractivity contribution in [3.05, 3.63) is 54.1 Å². The number of imidazole rings is 1. The van der Waals surface area contributed by atoms with Gasteiger partial charge < -0.3 is 62.6 Å². The molecule has 0 saturated carbocycles. The molecule has 1 aliphatic heterocycles. The molecule has 2 aromatic rings. The number of nitrogens with one attached hydrogen (secondary N) is 8. The van der Waals surface area contributed by atoms with Crippen molar-refractivity contribution in [2.24, 2.45) is 5.92 Å². The molecule has 0 unspecified atom stereocenters. The number of hydrogen-bond donors (Lipinski definition) is 12. The van der Waals surface area contributed by atoms with Gasteiger partial charge in [0.05, 0.1) is 31.0 Å². The van der Waals surface area contributed by atoms with Crippen molar-refractivity contribution in [3.8, 4) is 0 Å². The van der Waals surface area contributed by atoms with Gasteiger partial charge in [-0.25, -0.2) is 9.78 Å². The Morgan fingerprint density at radius 3 is 1.83 bits per heavy atom. The number of nitrogens with zero attached hydrogens (tertiary/aromatic N) is 1. The first kappa shape index (κ1) is 47.4. The maximum atomic E-state index is 14.2. The number of aliphatic hydroxyl groups is 2. The van der Waals surface area contributed by atoms with Crippen LogP contribution in [0.2, 0.25) is 0 Å². The Hall–Kier alpha value is -5.93. The Labute approximate surface area is 340 Å². The predicted octanol–water partition coefficient (Wildman–Crippen LogP) is -2.78. The van der Waals surface area contributed by atoms with E-state index in [-0.39, 0.29) is 12.8 Å². The maximum Gasteiger partial charge on any atom is 0.328 e. The second kappa shape index (κ2) is 22.9. The van der Waals surface area contributed by atoms with Crippen LogP contribution in [-0.4, -0.2) is 139 Å². The van der Waals surface area contributed by atoms with Crippen LogP contribution >= 0.6 is 0 Å². The summed E-state index contributed by atoms with van der Waals surface area (Å²) in [6.07, 6.45) is 0.157. The largest absolute Gasteiger partial charge is 0.481 e. The van der Waals surface area contributed by atoms with Gasteiger partial charge in [-0.1, -0.05) is 50.6 Å². The zero-order valence-corrected chi connectivity index (χ0v) is 33.3. The second-order valence-electron chi connectivity index (χ2n) is 14.6. The fourth-order valence-corrected chi connectivity index (χ4v) is 6.23. The molecule has 1 fully saturated rings.